The number of hydrogen-bond donors (Lipinski definition) is 0. The molecule has 7 heteroatoms. The molecule has 2 aromatic heterocycles. The largest absolute Gasteiger partial charge is 0.300 e. The molecule has 0 spiro atoms. The van der Waals surface area contributed by atoms with Gasteiger partial charge in [0.15, 0.2) is 0 Å². The molecule has 1 saturated heterocycles. The maximum Gasteiger partial charge on any atom is 0.0705 e. The van der Waals surface area contributed by atoms with Crippen LogP contribution in [-0.4, -0.2) is 34.0 Å². The van der Waals surface area contributed by atoms with Crippen molar-refractivity contribution >= 4 is 106 Å². The van der Waals surface area contributed by atoms with Gasteiger partial charge in [0.25, 0.3) is 0 Å². The number of benzene rings is 13. The van der Waals surface area contributed by atoms with Gasteiger partial charge in [-0.25, -0.2) is 0 Å². The highest BCUT2D eigenvalue weighted by molar-refractivity contribution is 7.81. The SMILES string of the molecule is C[C@@H]1CCCN1CCc1ccc2cc(-c3cccnc3)ccc2n1.c1ccc(P(c2ccccc2)c2ccccc2)cc1.c1ccc(P(c2ccccc2)c2ccccc2)cc1.c1ccc(P(c2ccccc2)c2ccccc2)cc1.c1ccc(P(c2ccccc2)c2ccccc2)cc1. The lowest BCUT2D eigenvalue weighted by Crippen LogP contribution is -2.29. The molecule has 1 aliphatic rings. The Hall–Kier alpha value is -9.90. The molecule has 0 aliphatic carbocycles. The third-order valence-corrected chi connectivity index (χ3v) is 27.0. The average molecular weight is 1370 g/mol. The van der Waals surface area contributed by atoms with Gasteiger partial charge in [0.1, 0.15) is 0 Å². The van der Waals surface area contributed by atoms with E-state index in [9.17, 15) is 0 Å². The molecule has 0 N–H and O–H groups in total. The van der Waals surface area contributed by atoms with E-state index in [1.54, 1.807) is 6.20 Å². The number of pyridine rings is 2. The van der Waals surface area contributed by atoms with E-state index in [-0.39, 0.29) is 0 Å². The van der Waals surface area contributed by atoms with Crippen LogP contribution >= 0.6 is 31.7 Å². The lowest BCUT2D eigenvalue weighted by atomic mass is 10.0. The number of aromatic nitrogens is 2. The number of rotatable bonds is 16. The van der Waals surface area contributed by atoms with Crippen LogP contribution < -0.4 is 63.7 Å². The first kappa shape index (κ1) is 70.0. The zero-order chi connectivity index (χ0) is 68.0. The molecule has 16 rings (SSSR count). The normalized spacial score (nSPS) is 12.4. The minimum atomic E-state index is -0.446. The molecule has 3 nitrogen and oxygen atoms in total. The maximum atomic E-state index is 4.85. The molecule has 1 fully saturated rings. The van der Waals surface area contributed by atoms with Crippen LogP contribution in [0.25, 0.3) is 22.0 Å². The van der Waals surface area contributed by atoms with Crippen molar-refractivity contribution in [3.63, 3.8) is 0 Å². The predicted molar refractivity (Wildman–Crippen MR) is 440 cm³/mol. The quantitative estimate of drug-likeness (QED) is 0.0903. The Bertz CT molecular complexity index is 3890. The van der Waals surface area contributed by atoms with Crippen molar-refractivity contribution in [2.24, 2.45) is 0 Å². The molecule has 0 radical (unpaired) electrons. The van der Waals surface area contributed by atoms with Gasteiger partial charge >= 0.3 is 0 Å². The maximum absolute atomic E-state index is 4.85. The highest BCUT2D eigenvalue weighted by Gasteiger charge is 2.21. The van der Waals surface area contributed by atoms with Crippen LogP contribution in [0.2, 0.25) is 0 Å². The first-order valence-electron chi connectivity index (χ1n) is 34.4. The molecular formula is C93H83N3P4. The van der Waals surface area contributed by atoms with E-state index in [2.05, 4.69) is 417 Å². The number of nitrogens with zero attached hydrogens (tertiary/aromatic N) is 3. The van der Waals surface area contributed by atoms with Crippen LogP contribution in [0.15, 0.2) is 419 Å². The fourth-order valence-electron chi connectivity index (χ4n) is 12.3. The molecule has 1 atom stereocenters. The first-order valence-corrected chi connectivity index (χ1v) is 39.8. The molecule has 0 saturated carbocycles. The summed E-state index contributed by atoms with van der Waals surface area (Å²) in [6.07, 6.45) is 7.41. The summed E-state index contributed by atoms with van der Waals surface area (Å²) in [6.45, 7) is 4.69. The summed E-state index contributed by atoms with van der Waals surface area (Å²) in [4.78, 5) is 11.6. The van der Waals surface area contributed by atoms with Gasteiger partial charge in [-0.05, 0) is 151 Å². The van der Waals surface area contributed by atoms with Crippen LogP contribution in [0, 0.1) is 0 Å². The fraction of sp³-hybridized carbons (Fsp3) is 0.0753. The highest BCUT2D eigenvalue weighted by atomic mass is 31.1. The Morgan fingerprint density at radius 3 is 0.820 bits per heavy atom. The van der Waals surface area contributed by atoms with Crippen molar-refractivity contribution in [1.82, 2.24) is 14.9 Å². The summed E-state index contributed by atoms with van der Waals surface area (Å²) in [7, 11) is -1.78. The molecule has 100 heavy (non-hydrogen) atoms. The molecule has 13 aromatic carbocycles. The minimum Gasteiger partial charge on any atom is -0.300 e. The minimum absolute atomic E-state index is 0.446. The molecular weight excluding hydrogens is 1280 g/mol. The summed E-state index contributed by atoms with van der Waals surface area (Å²) in [6, 6.07) is 145. The summed E-state index contributed by atoms with van der Waals surface area (Å²) >= 11 is 0. The van der Waals surface area contributed by atoms with E-state index >= 15 is 0 Å². The topological polar surface area (TPSA) is 29.0 Å². The summed E-state index contributed by atoms with van der Waals surface area (Å²) < 4.78 is 0. The van der Waals surface area contributed by atoms with Gasteiger partial charge in [-0.15, -0.1) is 0 Å². The van der Waals surface area contributed by atoms with Gasteiger partial charge in [-0.2, -0.15) is 0 Å². The van der Waals surface area contributed by atoms with Crippen molar-refractivity contribution in [2.45, 2.75) is 32.2 Å². The second kappa shape index (κ2) is 37.9. The van der Waals surface area contributed by atoms with E-state index in [4.69, 9.17) is 4.98 Å². The second-order valence-electron chi connectivity index (χ2n) is 24.1. The summed E-state index contributed by atoms with van der Waals surface area (Å²) in [5.74, 6) is 0. The van der Waals surface area contributed by atoms with E-state index in [0.717, 1.165) is 30.1 Å². The third kappa shape index (κ3) is 19.9. The van der Waals surface area contributed by atoms with Crippen molar-refractivity contribution in [3.8, 4) is 11.1 Å². The van der Waals surface area contributed by atoms with Gasteiger partial charge in [0, 0.05) is 48.0 Å². The molecule has 1 aliphatic heterocycles. The van der Waals surface area contributed by atoms with E-state index in [0.29, 0.717) is 0 Å². The highest BCUT2D eigenvalue weighted by Crippen LogP contribution is 2.36. The van der Waals surface area contributed by atoms with Crippen LogP contribution in [0.1, 0.15) is 25.5 Å². The van der Waals surface area contributed by atoms with Crippen LogP contribution in [0.3, 0.4) is 0 Å². The zero-order valence-corrected chi connectivity index (χ0v) is 60.2. The number of hydrogen-bond acceptors (Lipinski definition) is 3. The Morgan fingerprint density at radius 1 is 0.300 bits per heavy atom. The van der Waals surface area contributed by atoms with Gasteiger partial charge in [0.05, 0.1) is 5.52 Å². The Labute approximate surface area is 598 Å². The average Bonchev–Trinajstić information content (AvgIpc) is 1.20. The van der Waals surface area contributed by atoms with Crippen LogP contribution in [0.5, 0.6) is 0 Å². The molecule has 0 amide bonds. The van der Waals surface area contributed by atoms with E-state index in [1.807, 2.05) is 12.3 Å². The van der Waals surface area contributed by atoms with Gasteiger partial charge in [-0.3, -0.25) is 9.97 Å². The van der Waals surface area contributed by atoms with Crippen molar-refractivity contribution in [1.29, 1.82) is 0 Å². The smallest absolute Gasteiger partial charge is 0.0705 e. The van der Waals surface area contributed by atoms with Gasteiger partial charge in [0.2, 0.25) is 0 Å². The molecule has 3 heterocycles. The Kier molecular flexibility index (Phi) is 26.5. The van der Waals surface area contributed by atoms with Gasteiger partial charge in [-0.1, -0.05) is 382 Å². The Balaban J connectivity index is 0.000000119. The number of likely N-dealkylation sites (tertiary alicyclic amines) is 1. The predicted octanol–water partition coefficient (Wildman–Crippen LogP) is 18.1. The lowest BCUT2D eigenvalue weighted by Gasteiger charge is -2.20. The zero-order valence-electron chi connectivity index (χ0n) is 56.6. The first-order chi connectivity index (χ1) is 49.6. The van der Waals surface area contributed by atoms with Crippen LogP contribution in [0.4, 0.5) is 0 Å². The third-order valence-electron chi connectivity index (χ3n) is 17.3. The number of fused-ring (bicyclic) bond motifs is 1. The molecule has 490 valence electrons. The monoisotopic (exact) mass is 1370 g/mol. The van der Waals surface area contributed by atoms with Gasteiger partial charge < -0.3 is 4.90 Å². The molecule has 15 aromatic rings. The van der Waals surface area contributed by atoms with Crippen LogP contribution in [-0.2, 0) is 6.42 Å². The molecule has 0 bridgehead atoms. The summed E-state index contributed by atoms with van der Waals surface area (Å²) in [5.41, 5.74) is 4.60. The Morgan fingerprint density at radius 2 is 0.580 bits per heavy atom. The second-order valence-corrected chi connectivity index (χ2v) is 33.0. The van der Waals surface area contributed by atoms with E-state index < -0.39 is 31.7 Å². The standard InChI is InChI=1S/C21H23N3.4C18H15P/c1-16-4-3-12-24(16)13-10-20-8-6-18-14-17(7-9-21(18)23-20)19-5-2-11-22-15-19;4*1-4-10-16(11-5-1)19(17-12-6-2-7-13-17)18-14-8-3-9-15-18/h2,5-9,11,14-16H,3-4,10,12-13H2,1H3;4*1-15H/t16-;;;;/m1..../s1. The lowest BCUT2D eigenvalue weighted by molar-refractivity contribution is 0.271. The van der Waals surface area contributed by atoms with Crippen molar-refractivity contribution < 1.29 is 0 Å². The summed E-state index contributed by atoms with van der Waals surface area (Å²) in [5, 5.41) is 18.0. The fourth-order valence-corrected chi connectivity index (χ4v) is 21.5. The van der Waals surface area contributed by atoms with E-state index in [1.165, 1.54) is 99.7 Å². The van der Waals surface area contributed by atoms with Crippen molar-refractivity contribution in [2.75, 3.05) is 13.1 Å². The van der Waals surface area contributed by atoms with Crippen molar-refractivity contribution in [3.05, 3.63) is 425 Å². The molecule has 0 unspecified atom stereocenters.